The van der Waals surface area contributed by atoms with E-state index in [0.29, 0.717) is 23.6 Å². The van der Waals surface area contributed by atoms with Crippen LogP contribution in [-0.4, -0.2) is 17.3 Å². The van der Waals surface area contributed by atoms with Crippen LogP contribution in [0.5, 0.6) is 17.2 Å². The zero-order chi connectivity index (χ0) is 13.8. The number of hydrogen-bond donors (Lipinski definition) is 2. The largest absolute Gasteiger partial charge is 0.508 e. The Balaban J connectivity index is 2.14. The summed E-state index contributed by atoms with van der Waals surface area (Å²) in [6.45, 7) is 0. The summed E-state index contributed by atoms with van der Waals surface area (Å²) >= 11 is 5.90. The molecule has 0 fully saturated rings. The first-order valence-electron chi connectivity index (χ1n) is 5.93. The van der Waals surface area contributed by atoms with Crippen LogP contribution in [0.25, 0.3) is 0 Å². The van der Waals surface area contributed by atoms with Gasteiger partial charge in [-0.25, -0.2) is 0 Å². The van der Waals surface area contributed by atoms with E-state index in [2.05, 4.69) is 0 Å². The maximum absolute atomic E-state index is 9.74. The molecule has 2 aromatic carbocycles. The van der Waals surface area contributed by atoms with E-state index in [1.165, 1.54) is 0 Å². The second kappa shape index (κ2) is 5.85. The van der Waals surface area contributed by atoms with Gasteiger partial charge in [0.2, 0.25) is 0 Å². The lowest BCUT2D eigenvalue weighted by Crippen LogP contribution is -1.93. The number of rotatable bonds is 4. The number of phenolic OH excluding ortho intramolecular Hbond substituents is 2. The van der Waals surface area contributed by atoms with Crippen molar-refractivity contribution in [3.8, 4) is 17.2 Å². The Bertz CT molecular complexity index is 582. The standard InChI is InChI=1S/C15H15ClO3/c1-19-14-7-10(6-13(17)9-14)2-3-11-8-12(16)4-5-15(11)18/h4-9,17-18H,2-3H2,1H3. The number of aromatic hydroxyl groups is 2. The van der Waals surface area contributed by atoms with E-state index in [4.69, 9.17) is 16.3 Å². The summed E-state index contributed by atoms with van der Waals surface area (Å²) in [7, 11) is 1.56. The molecule has 0 amide bonds. The summed E-state index contributed by atoms with van der Waals surface area (Å²) in [6, 6.07) is 10.1. The fraction of sp³-hybridized carbons (Fsp3) is 0.200. The molecule has 0 aromatic heterocycles. The second-order valence-corrected chi connectivity index (χ2v) is 4.75. The summed E-state index contributed by atoms with van der Waals surface area (Å²) < 4.78 is 5.10. The third-order valence-corrected chi connectivity index (χ3v) is 3.15. The predicted octanol–water partition coefficient (Wildman–Crippen LogP) is 3.55. The summed E-state index contributed by atoms with van der Waals surface area (Å²) in [4.78, 5) is 0. The molecular formula is C15H15ClO3. The molecule has 0 heterocycles. The van der Waals surface area contributed by atoms with Crippen LogP contribution in [0.1, 0.15) is 11.1 Å². The van der Waals surface area contributed by atoms with Crippen LogP contribution in [0.4, 0.5) is 0 Å². The summed E-state index contributed by atoms with van der Waals surface area (Å²) in [5, 5.41) is 19.9. The smallest absolute Gasteiger partial charge is 0.122 e. The minimum Gasteiger partial charge on any atom is -0.508 e. The van der Waals surface area contributed by atoms with Gasteiger partial charge in [0.1, 0.15) is 17.2 Å². The van der Waals surface area contributed by atoms with Crippen LogP contribution >= 0.6 is 11.6 Å². The number of hydrogen-bond acceptors (Lipinski definition) is 3. The van der Waals surface area contributed by atoms with Gasteiger partial charge in [-0.05, 0) is 54.3 Å². The Kier molecular flexibility index (Phi) is 4.17. The van der Waals surface area contributed by atoms with Gasteiger partial charge >= 0.3 is 0 Å². The fourth-order valence-electron chi connectivity index (χ4n) is 1.94. The number of ether oxygens (including phenoxy) is 1. The minimum absolute atomic E-state index is 0.171. The maximum Gasteiger partial charge on any atom is 0.122 e. The lowest BCUT2D eigenvalue weighted by atomic mass is 10.0. The molecule has 0 aliphatic heterocycles. The Morgan fingerprint density at radius 3 is 2.58 bits per heavy atom. The molecule has 2 N–H and O–H groups in total. The van der Waals surface area contributed by atoms with Crippen LogP contribution in [-0.2, 0) is 12.8 Å². The lowest BCUT2D eigenvalue weighted by Gasteiger charge is -2.08. The SMILES string of the molecule is COc1cc(O)cc(CCc2cc(Cl)ccc2O)c1. The van der Waals surface area contributed by atoms with E-state index in [-0.39, 0.29) is 11.5 Å². The van der Waals surface area contributed by atoms with E-state index < -0.39 is 0 Å². The first kappa shape index (κ1) is 13.6. The van der Waals surface area contributed by atoms with E-state index in [0.717, 1.165) is 11.1 Å². The highest BCUT2D eigenvalue weighted by Crippen LogP contribution is 2.25. The quantitative estimate of drug-likeness (QED) is 0.899. The van der Waals surface area contributed by atoms with Gasteiger partial charge in [0.05, 0.1) is 7.11 Å². The van der Waals surface area contributed by atoms with E-state index in [9.17, 15) is 10.2 Å². The first-order chi connectivity index (χ1) is 9.08. The van der Waals surface area contributed by atoms with Gasteiger partial charge in [0.15, 0.2) is 0 Å². The number of halogens is 1. The van der Waals surface area contributed by atoms with Gasteiger partial charge in [0, 0.05) is 11.1 Å². The van der Waals surface area contributed by atoms with Crippen molar-refractivity contribution >= 4 is 11.6 Å². The highest BCUT2D eigenvalue weighted by Gasteiger charge is 2.05. The fourth-order valence-corrected chi connectivity index (χ4v) is 2.13. The number of aryl methyl sites for hydroxylation is 2. The van der Waals surface area contributed by atoms with Crippen molar-refractivity contribution in [3.05, 3.63) is 52.5 Å². The van der Waals surface area contributed by atoms with Crippen LogP contribution in [0.15, 0.2) is 36.4 Å². The molecule has 0 aliphatic carbocycles. The second-order valence-electron chi connectivity index (χ2n) is 4.31. The number of phenols is 2. The molecule has 0 aliphatic rings. The van der Waals surface area contributed by atoms with Crippen LogP contribution < -0.4 is 4.74 Å². The monoisotopic (exact) mass is 278 g/mol. The highest BCUT2D eigenvalue weighted by molar-refractivity contribution is 6.30. The zero-order valence-electron chi connectivity index (χ0n) is 10.6. The number of methoxy groups -OCH3 is 1. The molecular weight excluding hydrogens is 264 g/mol. The van der Waals surface area contributed by atoms with Crippen molar-refractivity contribution < 1.29 is 14.9 Å². The van der Waals surface area contributed by atoms with Gasteiger partial charge < -0.3 is 14.9 Å². The molecule has 3 nitrogen and oxygen atoms in total. The Morgan fingerprint density at radius 2 is 1.84 bits per heavy atom. The Labute approximate surface area is 117 Å². The topological polar surface area (TPSA) is 49.7 Å². The average Bonchev–Trinajstić information content (AvgIpc) is 2.39. The molecule has 19 heavy (non-hydrogen) atoms. The molecule has 0 unspecified atom stereocenters. The average molecular weight is 279 g/mol. The normalized spacial score (nSPS) is 10.4. The van der Waals surface area contributed by atoms with Gasteiger partial charge in [-0.2, -0.15) is 0 Å². The van der Waals surface area contributed by atoms with Gasteiger partial charge in [-0.3, -0.25) is 0 Å². The van der Waals surface area contributed by atoms with Gasteiger partial charge in [-0.1, -0.05) is 11.6 Å². The molecule has 100 valence electrons. The highest BCUT2D eigenvalue weighted by atomic mass is 35.5. The van der Waals surface area contributed by atoms with Crippen molar-refractivity contribution in [2.45, 2.75) is 12.8 Å². The van der Waals surface area contributed by atoms with Crippen molar-refractivity contribution in [2.75, 3.05) is 7.11 Å². The molecule has 4 heteroatoms. The first-order valence-corrected chi connectivity index (χ1v) is 6.30. The molecule has 0 atom stereocenters. The molecule has 0 radical (unpaired) electrons. The summed E-state index contributed by atoms with van der Waals surface area (Å²) in [6.07, 6.45) is 1.32. The molecule has 2 rings (SSSR count). The summed E-state index contributed by atoms with van der Waals surface area (Å²) in [5.74, 6) is 1.02. The van der Waals surface area contributed by atoms with E-state index in [1.54, 1.807) is 37.4 Å². The molecule has 0 spiro atoms. The molecule has 2 aromatic rings. The van der Waals surface area contributed by atoms with E-state index in [1.807, 2.05) is 6.07 Å². The molecule has 0 bridgehead atoms. The van der Waals surface area contributed by atoms with Crippen molar-refractivity contribution in [3.63, 3.8) is 0 Å². The zero-order valence-corrected chi connectivity index (χ0v) is 11.3. The van der Waals surface area contributed by atoms with Crippen molar-refractivity contribution in [1.29, 1.82) is 0 Å². The number of benzene rings is 2. The van der Waals surface area contributed by atoms with Crippen LogP contribution in [0, 0.1) is 0 Å². The molecule has 0 saturated heterocycles. The third kappa shape index (κ3) is 3.55. The summed E-state index contributed by atoms with van der Waals surface area (Å²) in [5.41, 5.74) is 1.73. The Hall–Kier alpha value is -1.87. The Morgan fingerprint density at radius 1 is 1.05 bits per heavy atom. The van der Waals surface area contributed by atoms with E-state index >= 15 is 0 Å². The predicted molar refractivity (Wildman–Crippen MR) is 75.2 cm³/mol. The van der Waals surface area contributed by atoms with Crippen molar-refractivity contribution in [1.82, 2.24) is 0 Å². The van der Waals surface area contributed by atoms with Gasteiger partial charge in [-0.15, -0.1) is 0 Å². The maximum atomic E-state index is 9.74. The van der Waals surface area contributed by atoms with Crippen molar-refractivity contribution in [2.24, 2.45) is 0 Å². The third-order valence-electron chi connectivity index (χ3n) is 2.91. The minimum atomic E-state index is 0.171. The lowest BCUT2D eigenvalue weighted by molar-refractivity contribution is 0.407. The van der Waals surface area contributed by atoms with Crippen LogP contribution in [0.3, 0.4) is 0 Å². The van der Waals surface area contributed by atoms with Crippen LogP contribution in [0.2, 0.25) is 5.02 Å². The van der Waals surface area contributed by atoms with Gasteiger partial charge in [0.25, 0.3) is 0 Å². The molecule has 0 saturated carbocycles.